The molecule has 5 nitrogen and oxygen atoms in total. The second kappa shape index (κ2) is 5.99. The van der Waals surface area contributed by atoms with Crippen molar-refractivity contribution in [2.45, 2.75) is 0 Å². The molecular weight excluding hydrogens is 334 g/mol. The number of halogens is 2. The Kier molecular flexibility index (Phi) is 4.34. The van der Waals surface area contributed by atoms with E-state index in [0.29, 0.717) is 16.5 Å². The quantitative estimate of drug-likeness (QED) is 0.866. The summed E-state index contributed by atoms with van der Waals surface area (Å²) in [4.78, 5) is 19.2. The number of benzene rings is 1. The smallest absolute Gasteiger partial charge is 0.358 e. The van der Waals surface area contributed by atoms with E-state index in [4.69, 9.17) is 11.6 Å². The maximum Gasteiger partial charge on any atom is 0.358 e. The molecule has 2 aromatic rings. The summed E-state index contributed by atoms with van der Waals surface area (Å²) >= 11 is 9.40. The molecule has 1 aromatic carbocycles. The van der Waals surface area contributed by atoms with Crippen molar-refractivity contribution in [3.63, 3.8) is 0 Å². The Balaban J connectivity index is 2.19. The second-order valence-electron chi connectivity index (χ2n) is 3.53. The van der Waals surface area contributed by atoms with Gasteiger partial charge in [0.05, 0.1) is 30.2 Å². The van der Waals surface area contributed by atoms with Crippen LogP contribution < -0.4 is 5.32 Å². The van der Waals surface area contributed by atoms with Gasteiger partial charge >= 0.3 is 5.97 Å². The molecule has 0 unspecified atom stereocenters. The van der Waals surface area contributed by atoms with Crippen LogP contribution in [0.2, 0.25) is 5.02 Å². The van der Waals surface area contributed by atoms with Gasteiger partial charge in [-0.05, 0) is 18.2 Å². The van der Waals surface area contributed by atoms with Gasteiger partial charge in [0.15, 0.2) is 5.69 Å². The van der Waals surface area contributed by atoms with E-state index in [1.54, 1.807) is 6.07 Å². The minimum atomic E-state index is -0.528. The zero-order chi connectivity index (χ0) is 13.8. The fourth-order valence-corrected chi connectivity index (χ4v) is 1.86. The number of hydrogen-bond donors (Lipinski definition) is 1. The van der Waals surface area contributed by atoms with Gasteiger partial charge in [0, 0.05) is 4.47 Å². The summed E-state index contributed by atoms with van der Waals surface area (Å²) in [5.74, 6) is -0.0489. The van der Waals surface area contributed by atoms with Gasteiger partial charge in [-0.25, -0.2) is 14.8 Å². The van der Waals surface area contributed by atoms with Crippen molar-refractivity contribution in [2.24, 2.45) is 0 Å². The molecule has 1 N–H and O–H groups in total. The van der Waals surface area contributed by atoms with Gasteiger partial charge in [-0.3, -0.25) is 0 Å². The molecule has 0 aliphatic heterocycles. The number of hydrogen-bond acceptors (Lipinski definition) is 5. The van der Waals surface area contributed by atoms with Gasteiger partial charge in [0.2, 0.25) is 0 Å². The molecule has 0 saturated carbocycles. The number of methoxy groups -OCH3 is 1. The largest absolute Gasteiger partial charge is 0.464 e. The van der Waals surface area contributed by atoms with Crippen LogP contribution in [0.25, 0.3) is 0 Å². The number of carbonyl (C=O) groups is 1. The molecule has 0 aliphatic carbocycles. The molecule has 0 aliphatic rings. The highest BCUT2D eigenvalue weighted by Crippen LogP contribution is 2.27. The Bertz CT molecular complexity index is 604. The van der Waals surface area contributed by atoms with E-state index in [-0.39, 0.29) is 5.69 Å². The van der Waals surface area contributed by atoms with E-state index in [2.05, 4.69) is 36.0 Å². The monoisotopic (exact) mass is 341 g/mol. The summed E-state index contributed by atoms with van der Waals surface area (Å²) in [6.45, 7) is 0. The summed E-state index contributed by atoms with van der Waals surface area (Å²) < 4.78 is 5.43. The summed E-state index contributed by atoms with van der Waals surface area (Å²) in [5.41, 5.74) is 0.838. The molecule has 0 bridgehead atoms. The van der Waals surface area contributed by atoms with Crippen LogP contribution in [0.3, 0.4) is 0 Å². The van der Waals surface area contributed by atoms with Crippen LogP contribution in [0.4, 0.5) is 11.5 Å². The lowest BCUT2D eigenvalue weighted by atomic mass is 10.3. The van der Waals surface area contributed by atoms with Crippen LogP contribution in [-0.4, -0.2) is 23.0 Å². The third-order valence-electron chi connectivity index (χ3n) is 2.24. The molecule has 1 heterocycles. The van der Waals surface area contributed by atoms with Crippen molar-refractivity contribution in [3.8, 4) is 0 Å². The van der Waals surface area contributed by atoms with Crippen molar-refractivity contribution >= 4 is 45.0 Å². The molecule has 19 heavy (non-hydrogen) atoms. The second-order valence-corrected chi connectivity index (χ2v) is 4.85. The Morgan fingerprint density at radius 1 is 1.37 bits per heavy atom. The fourth-order valence-electron chi connectivity index (χ4n) is 1.33. The molecule has 0 radical (unpaired) electrons. The molecule has 7 heteroatoms. The van der Waals surface area contributed by atoms with Gasteiger partial charge in [-0.2, -0.15) is 0 Å². The Morgan fingerprint density at radius 3 is 2.79 bits per heavy atom. The number of nitrogens with zero attached hydrogens (tertiary/aromatic N) is 2. The number of nitrogens with one attached hydrogen (secondary N) is 1. The molecule has 0 saturated heterocycles. The minimum Gasteiger partial charge on any atom is -0.464 e. The number of carbonyl (C=O) groups excluding carboxylic acids is 1. The first-order chi connectivity index (χ1) is 9.10. The SMILES string of the molecule is COC(=O)c1cnc(Nc2cc(Br)ccc2Cl)cn1. The predicted octanol–water partition coefficient (Wildman–Crippen LogP) is 3.42. The summed E-state index contributed by atoms with van der Waals surface area (Å²) in [5, 5.41) is 3.57. The molecule has 0 spiro atoms. The zero-order valence-electron chi connectivity index (χ0n) is 9.85. The molecule has 0 amide bonds. The molecule has 0 atom stereocenters. The Morgan fingerprint density at radius 2 is 2.16 bits per heavy atom. The van der Waals surface area contributed by atoms with Crippen LogP contribution in [0.15, 0.2) is 35.1 Å². The zero-order valence-corrected chi connectivity index (χ0v) is 12.2. The lowest BCUT2D eigenvalue weighted by molar-refractivity contribution is 0.0593. The third-order valence-corrected chi connectivity index (χ3v) is 3.06. The van der Waals surface area contributed by atoms with Crippen molar-refractivity contribution in [1.29, 1.82) is 0 Å². The lowest BCUT2D eigenvalue weighted by Crippen LogP contribution is -2.05. The summed E-state index contributed by atoms with van der Waals surface area (Å²) in [6, 6.07) is 5.40. The molecule has 1 aromatic heterocycles. The molecule has 98 valence electrons. The summed E-state index contributed by atoms with van der Waals surface area (Å²) in [7, 11) is 1.29. The molecule has 2 rings (SSSR count). The normalized spacial score (nSPS) is 10.1. The van der Waals surface area contributed by atoms with Crippen LogP contribution in [0, 0.1) is 0 Å². The average molecular weight is 343 g/mol. The number of aromatic nitrogens is 2. The standard InChI is InChI=1S/C12H9BrClN3O2/c1-19-12(18)10-5-16-11(6-15-10)17-9-4-7(13)2-3-8(9)14/h2-6H,1H3,(H,16,17). The van der Waals surface area contributed by atoms with Crippen LogP contribution in [0.1, 0.15) is 10.5 Å². The van der Waals surface area contributed by atoms with Crippen LogP contribution in [0.5, 0.6) is 0 Å². The number of ether oxygens (including phenoxy) is 1. The van der Waals surface area contributed by atoms with E-state index in [9.17, 15) is 4.79 Å². The van der Waals surface area contributed by atoms with Gasteiger partial charge < -0.3 is 10.1 Å². The van der Waals surface area contributed by atoms with E-state index in [1.165, 1.54) is 19.5 Å². The van der Waals surface area contributed by atoms with Gasteiger partial charge in [-0.15, -0.1) is 0 Å². The highest BCUT2D eigenvalue weighted by molar-refractivity contribution is 9.10. The fraction of sp³-hybridized carbons (Fsp3) is 0.0833. The van der Waals surface area contributed by atoms with Crippen molar-refractivity contribution in [2.75, 3.05) is 12.4 Å². The molecular formula is C12H9BrClN3O2. The van der Waals surface area contributed by atoms with Gasteiger partial charge in [-0.1, -0.05) is 27.5 Å². The summed E-state index contributed by atoms with van der Waals surface area (Å²) in [6.07, 6.45) is 2.77. The van der Waals surface area contributed by atoms with Crippen molar-refractivity contribution in [1.82, 2.24) is 9.97 Å². The number of anilines is 2. The topological polar surface area (TPSA) is 64.1 Å². The minimum absolute atomic E-state index is 0.147. The predicted molar refractivity (Wildman–Crippen MR) is 75.8 cm³/mol. The lowest BCUT2D eigenvalue weighted by Gasteiger charge is -2.08. The highest BCUT2D eigenvalue weighted by Gasteiger charge is 2.08. The first-order valence-corrected chi connectivity index (χ1v) is 6.39. The number of rotatable bonds is 3. The molecule has 0 fully saturated rings. The van der Waals surface area contributed by atoms with Crippen molar-refractivity contribution in [3.05, 3.63) is 45.8 Å². The van der Waals surface area contributed by atoms with Gasteiger partial charge in [0.1, 0.15) is 5.82 Å². The van der Waals surface area contributed by atoms with E-state index >= 15 is 0 Å². The van der Waals surface area contributed by atoms with E-state index < -0.39 is 5.97 Å². The Hall–Kier alpha value is -1.66. The Labute approximate surface area is 123 Å². The highest BCUT2D eigenvalue weighted by atomic mass is 79.9. The van der Waals surface area contributed by atoms with E-state index in [1.807, 2.05) is 12.1 Å². The first-order valence-electron chi connectivity index (χ1n) is 5.22. The maximum atomic E-state index is 11.2. The van der Waals surface area contributed by atoms with Crippen LogP contribution >= 0.6 is 27.5 Å². The average Bonchev–Trinajstić information content (AvgIpc) is 2.43. The van der Waals surface area contributed by atoms with Crippen LogP contribution in [-0.2, 0) is 4.74 Å². The van der Waals surface area contributed by atoms with Gasteiger partial charge in [0.25, 0.3) is 0 Å². The first kappa shape index (κ1) is 13.8. The number of esters is 1. The van der Waals surface area contributed by atoms with Crippen molar-refractivity contribution < 1.29 is 9.53 Å². The maximum absolute atomic E-state index is 11.2. The van der Waals surface area contributed by atoms with E-state index in [0.717, 1.165) is 4.47 Å². The third kappa shape index (κ3) is 3.42.